The standard InChI is InChI=1S/Al.Co.Mo.O/q+3;+2;+4;-2. The second-order valence-corrected chi connectivity index (χ2v) is 0. The largest absolute Gasteiger partial charge is 4.00 e. The Hall–Kier alpha value is 1.69. The van der Waals surface area contributed by atoms with Gasteiger partial charge in [-0.15, -0.1) is 0 Å². The fraction of sp³-hybridized carbons (Fsp3) is 0. The summed E-state index contributed by atoms with van der Waals surface area (Å²) in [4.78, 5) is 0. The zero-order valence-electron chi connectivity index (χ0n) is 1.73. The second-order valence-electron chi connectivity index (χ2n) is 0. The van der Waals surface area contributed by atoms with Crippen LogP contribution in [0.1, 0.15) is 0 Å². The summed E-state index contributed by atoms with van der Waals surface area (Å²) in [6.45, 7) is 0. The first-order valence-electron chi connectivity index (χ1n) is 0. The predicted octanol–water partition coefficient (Wildman–Crippen LogP) is -0.505. The van der Waals surface area contributed by atoms with E-state index >= 15 is 0 Å². The van der Waals surface area contributed by atoms with Crippen molar-refractivity contribution < 1.29 is 43.3 Å². The molecule has 0 aliphatic rings. The van der Waals surface area contributed by atoms with Crippen molar-refractivity contribution in [3.8, 4) is 0 Å². The van der Waals surface area contributed by atoms with E-state index in [0.717, 1.165) is 0 Å². The number of hydrogen-bond acceptors (Lipinski definition) is 0. The van der Waals surface area contributed by atoms with Gasteiger partial charge in [0.15, 0.2) is 0 Å². The van der Waals surface area contributed by atoms with E-state index in [2.05, 4.69) is 0 Å². The van der Waals surface area contributed by atoms with Gasteiger partial charge >= 0.3 is 55.2 Å². The van der Waals surface area contributed by atoms with Crippen molar-refractivity contribution in [3.63, 3.8) is 0 Å². The van der Waals surface area contributed by atoms with Crippen LogP contribution in [0.15, 0.2) is 0 Å². The molecule has 0 aliphatic heterocycles. The van der Waals surface area contributed by atoms with Gasteiger partial charge in [0.2, 0.25) is 0 Å². The van der Waals surface area contributed by atoms with Crippen molar-refractivity contribution in [2.24, 2.45) is 0 Å². The monoisotopic (exact) mass is 200 g/mol. The van der Waals surface area contributed by atoms with Crippen LogP contribution in [0.2, 0.25) is 0 Å². The van der Waals surface area contributed by atoms with Crippen molar-refractivity contribution in [1.29, 1.82) is 0 Å². The SMILES string of the molecule is [Al+3].[Co+2].[Mo+4].[O-2]. The fourth-order valence-electron chi connectivity index (χ4n) is 0. The van der Waals surface area contributed by atoms with E-state index in [-0.39, 0.29) is 60.7 Å². The minimum absolute atomic E-state index is 0. The molecule has 0 amide bonds. The molecule has 0 N–H and O–H groups in total. The van der Waals surface area contributed by atoms with E-state index in [1.165, 1.54) is 0 Å². The zero-order valence-corrected chi connectivity index (χ0v) is 5.93. The molecule has 0 saturated carbocycles. The number of rotatable bonds is 0. The Morgan fingerprint density at radius 1 is 1.00 bits per heavy atom. The maximum Gasteiger partial charge on any atom is 4.00 e. The predicted molar refractivity (Wildman–Crippen MR) is 6.44 cm³/mol. The molecule has 0 heterocycles. The molecule has 0 aliphatic carbocycles. The maximum absolute atomic E-state index is 0. The first-order valence-corrected chi connectivity index (χ1v) is 0. The summed E-state index contributed by atoms with van der Waals surface area (Å²) in [5.74, 6) is 0. The Balaban J connectivity index is 0. The van der Waals surface area contributed by atoms with Crippen LogP contribution in [0.3, 0.4) is 0 Å². The first-order chi connectivity index (χ1) is 0. The molecule has 0 saturated heterocycles. The van der Waals surface area contributed by atoms with Gasteiger partial charge in [-0.1, -0.05) is 0 Å². The smallest absolute Gasteiger partial charge is 2.00 e. The Labute approximate surface area is 60.4 Å². The Kier molecular flexibility index (Phi) is 246. The van der Waals surface area contributed by atoms with Gasteiger partial charge in [0.25, 0.3) is 0 Å². The molecule has 1 nitrogen and oxygen atoms in total. The van der Waals surface area contributed by atoms with Crippen LogP contribution >= 0.6 is 0 Å². The average molecular weight is 198 g/mol. The van der Waals surface area contributed by atoms with E-state index in [1.807, 2.05) is 0 Å². The van der Waals surface area contributed by atoms with Crippen molar-refractivity contribution in [1.82, 2.24) is 0 Å². The molecular weight excluding hydrogens is 198 g/mol. The molecule has 0 aromatic rings. The summed E-state index contributed by atoms with van der Waals surface area (Å²) in [5.41, 5.74) is 0. The van der Waals surface area contributed by atoms with Crippen molar-refractivity contribution in [2.45, 2.75) is 0 Å². The molecule has 1 radical (unpaired) electrons. The Morgan fingerprint density at radius 3 is 1.00 bits per heavy atom. The van der Waals surface area contributed by atoms with Crippen LogP contribution in [-0.2, 0) is 43.3 Å². The quantitative estimate of drug-likeness (QED) is 0.469. The topological polar surface area (TPSA) is 28.5 Å². The van der Waals surface area contributed by atoms with Gasteiger partial charge in [-0.05, 0) is 0 Å². The van der Waals surface area contributed by atoms with Gasteiger partial charge < -0.3 is 5.48 Å². The van der Waals surface area contributed by atoms with Crippen LogP contribution in [0.25, 0.3) is 0 Å². The van der Waals surface area contributed by atoms with E-state index in [1.54, 1.807) is 0 Å². The van der Waals surface area contributed by atoms with Gasteiger partial charge in [0.05, 0.1) is 0 Å². The third-order valence-corrected chi connectivity index (χ3v) is 0. The molecule has 0 rings (SSSR count). The second kappa shape index (κ2) is 22.4. The molecule has 0 aromatic carbocycles. The van der Waals surface area contributed by atoms with Crippen molar-refractivity contribution in [3.05, 3.63) is 0 Å². The van der Waals surface area contributed by atoms with Gasteiger partial charge in [0.1, 0.15) is 0 Å². The Bertz CT molecular complexity index is 8.00. The van der Waals surface area contributed by atoms with E-state index in [9.17, 15) is 0 Å². The third-order valence-electron chi connectivity index (χ3n) is 0. The van der Waals surface area contributed by atoms with E-state index < -0.39 is 0 Å². The average Bonchev–Trinajstić information content (AvgIpc) is 0. The number of hydrogen-bond donors (Lipinski definition) is 0. The van der Waals surface area contributed by atoms with Gasteiger partial charge in [-0.2, -0.15) is 0 Å². The molecule has 0 unspecified atom stereocenters. The van der Waals surface area contributed by atoms with E-state index in [0.29, 0.717) is 0 Å². The van der Waals surface area contributed by atoms with Crippen LogP contribution in [-0.4, -0.2) is 17.4 Å². The van der Waals surface area contributed by atoms with Crippen molar-refractivity contribution >= 4 is 17.4 Å². The normalized spacial score (nSPS) is 0. The molecule has 4 heteroatoms. The molecular formula is AlCoMoO+7. The minimum atomic E-state index is 0. The molecule has 17 valence electrons. The molecule has 0 fully saturated rings. The minimum Gasteiger partial charge on any atom is -2.00 e. The van der Waals surface area contributed by atoms with Crippen LogP contribution in [0.5, 0.6) is 0 Å². The maximum atomic E-state index is 0. The summed E-state index contributed by atoms with van der Waals surface area (Å²) < 4.78 is 0. The summed E-state index contributed by atoms with van der Waals surface area (Å²) in [5, 5.41) is 0. The zero-order chi connectivity index (χ0) is 0. The van der Waals surface area contributed by atoms with Gasteiger partial charge in [-0.3, -0.25) is 0 Å². The Morgan fingerprint density at radius 2 is 1.00 bits per heavy atom. The van der Waals surface area contributed by atoms with E-state index in [4.69, 9.17) is 0 Å². The summed E-state index contributed by atoms with van der Waals surface area (Å²) in [6.07, 6.45) is 0. The van der Waals surface area contributed by atoms with Crippen LogP contribution in [0.4, 0.5) is 0 Å². The summed E-state index contributed by atoms with van der Waals surface area (Å²) in [7, 11) is 0. The fourth-order valence-corrected chi connectivity index (χ4v) is 0. The van der Waals surface area contributed by atoms with Gasteiger partial charge in [-0.25, -0.2) is 0 Å². The third kappa shape index (κ3) is 9.35. The van der Waals surface area contributed by atoms with Crippen LogP contribution < -0.4 is 0 Å². The summed E-state index contributed by atoms with van der Waals surface area (Å²) in [6, 6.07) is 0. The molecule has 0 bridgehead atoms. The summed E-state index contributed by atoms with van der Waals surface area (Å²) >= 11 is 0. The molecule has 0 aromatic heterocycles. The first kappa shape index (κ1) is 43.9. The van der Waals surface area contributed by atoms with Crippen LogP contribution in [0, 0.1) is 0 Å². The van der Waals surface area contributed by atoms with Crippen molar-refractivity contribution in [2.75, 3.05) is 0 Å². The van der Waals surface area contributed by atoms with Gasteiger partial charge in [0, 0.05) is 0 Å². The molecule has 4 heavy (non-hydrogen) atoms. The molecule has 0 spiro atoms. The molecule has 0 atom stereocenters.